The molecule has 1 fully saturated rings. The van der Waals surface area contributed by atoms with Gasteiger partial charge in [-0.1, -0.05) is 24.3 Å². The second kappa shape index (κ2) is 10.9. The van der Waals surface area contributed by atoms with Gasteiger partial charge in [-0.15, -0.1) is 0 Å². The fourth-order valence-electron chi connectivity index (χ4n) is 5.73. The lowest BCUT2D eigenvalue weighted by Crippen LogP contribution is -2.49. The fourth-order valence-corrected chi connectivity index (χ4v) is 5.73. The van der Waals surface area contributed by atoms with Gasteiger partial charge in [0.15, 0.2) is 17.3 Å². The molecule has 0 spiro atoms. The number of methoxy groups -OCH3 is 1. The van der Waals surface area contributed by atoms with Gasteiger partial charge in [-0.05, 0) is 54.8 Å². The van der Waals surface area contributed by atoms with E-state index < -0.39 is 0 Å². The zero-order valence-electron chi connectivity index (χ0n) is 22.3. The van der Waals surface area contributed by atoms with Gasteiger partial charge in [-0.3, -0.25) is 14.5 Å². The summed E-state index contributed by atoms with van der Waals surface area (Å²) in [5.41, 5.74) is 3.34. The number of rotatable bonds is 6. The number of nitrogens with two attached hydrogens (primary N) is 2. The highest BCUT2D eigenvalue weighted by Gasteiger charge is 2.34. The maximum atomic E-state index is 12.8. The number of hydrogen-bond donors (Lipinski definition) is 3. The third-order valence-electron chi connectivity index (χ3n) is 7.71. The van der Waals surface area contributed by atoms with Crippen molar-refractivity contribution in [3.05, 3.63) is 82.8 Å². The van der Waals surface area contributed by atoms with Crippen LogP contribution in [0.2, 0.25) is 0 Å². The Morgan fingerprint density at radius 3 is 2.50 bits per heavy atom. The molecule has 3 heterocycles. The van der Waals surface area contributed by atoms with Gasteiger partial charge in [0, 0.05) is 25.2 Å². The Bertz CT molecular complexity index is 1570. The van der Waals surface area contributed by atoms with Gasteiger partial charge in [-0.2, -0.15) is 5.10 Å². The summed E-state index contributed by atoms with van der Waals surface area (Å²) in [5, 5.41) is 5.71. The first kappa shape index (κ1) is 25.8. The van der Waals surface area contributed by atoms with Gasteiger partial charge in [-0.25, -0.2) is 10.6 Å². The number of amidine groups is 1. The van der Waals surface area contributed by atoms with Crippen LogP contribution in [0.3, 0.4) is 0 Å². The number of nitrogens with one attached hydrogen (secondary N) is 1. The molecule has 0 amide bonds. The monoisotopic (exact) mass is 543 g/mol. The minimum Gasteiger partial charge on any atom is -0.497 e. The highest BCUT2D eigenvalue weighted by Crippen LogP contribution is 2.36. The van der Waals surface area contributed by atoms with Crippen LogP contribution in [0.4, 0.5) is 5.69 Å². The van der Waals surface area contributed by atoms with E-state index in [1.54, 1.807) is 7.11 Å². The molecule has 40 heavy (non-hydrogen) atoms. The van der Waals surface area contributed by atoms with Crippen LogP contribution in [0.25, 0.3) is 11.0 Å². The summed E-state index contributed by atoms with van der Waals surface area (Å²) in [6.07, 6.45) is 1.56. The number of fused-ring (bicyclic) bond motifs is 2. The Balaban J connectivity index is 1.30. The van der Waals surface area contributed by atoms with Crippen LogP contribution >= 0.6 is 0 Å². The highest BCUT2D eigenvalue weighted by molar-refractivity contribution is 6.01. The number of piperidine rings is 1. The zero-order chi connectivity index (χ0) is 27.6. The molecular formula is C29H33N7O4. The number of imidazole rings is 1. The molecule has 208 valence electrons. The number of aromatic nitrogens is 2. The van der Waals surface area contributed by atoms with Crippen LogP contribution in [0.5, 0.6) is 17.2 Å². The number of para-hydroxylation sites is 2. The van der Waals surface area contributed by atoms with Crippen molar-refractivity contribution in [3.63, 3.8) is 0 Å². The number of nitrogens with zero attached hydrogens (tertiary/aromatic N) is 4. The topological polar surface area (TPSA) is 136 Å². The molecular weight excluding hydrogens is 510 g/mol. The van der Waals surface area contributed by atoms with Crippen LogP contribution in [0.1, 0.15) is 30.5 Å². The summed E-state index contributed by atoms with van der Waals surface area (Å²) >= 11 is 0. The number of H-pyrrole nitrogens is 1. The molecule has 11 heteroatoms. The predicted molar refractivity (Wildman–Crippen MR) is 154 cm³/mol. The molecule has 2 aliphatic rings. The lowest BCUT2D eigenvalue weighted by Gasteiger charge is -2.40. The van der Waals surface area contributed by atoms with E-state index in [-0.39, 0.29) is 17.8 Å². The van der Waals surface area contributed by atoms with E-state index >= 15 is 0 Å². The van der Waals surface area contributed by atoms with Crippen molar-refractivity contribution in [1.82, 2.24) is 14.5 Å². The third-order valence-corrected chi connectivity index (χ3v) is 7.71. The molecule has 3 aromatic carbocycles. The summed E-state index contributed by atoms with van der Waals surface area (Å²) in [6.45, 7) is 2.40. The fraction of sp³-hybridized carbons (Fsp3) is 0.310. The Kier molecular flexibility index (Phi) is 7.06. The minimum atomic E-state index is -0.338. The van der Waals surface area contributed by atoms with E-state index in [9.17, 15) is 4.79 Å². The summed E-state index contributed by atoms with van der Waals surface area (Å²) in [6, 6.07) is 20.9. The van der Waals surface area contributed by atoms with Crippen LogP contribution in [-0.2, 0) is 0 Å². The van der Waals surface area contributed by atoms with Crippen LogP contribution in [0.15, 0.2) is 76.6 Å². The van der Waals surface area contributed by atoms with Gasteiger partial charge in [0.1, 0.15) is 19.0 Å². The lowest BCUT2D eigenvalue weighted by atomic mass is 9.97. The van der Waals surface area contributed by atoms with E-state index in [0.29, 0.717) is 49.3 Å². The van der Waals surface area contributed by atoms with Gasteiger partial charge in [0.05, 0.1) is 29.9 Å². The highest BCUT2D eigenvalue weighted by atomic mass is 16.6. The lowest BCUT2D eigenvalue weighted by molar-refractivity contribution is 0.164. The molecule has 0 bridgehead atoms. The van der Waals surface area contributed by atoms with Crippen molar-refractivity contribution in [2.45, 2.75) is 24.9 Å². The van der Waals surface area contributed by atoms with E-state index in [1.807, 2.05) is 71.3 Å². The second-order valence-electron chi connectivity index (χ2n) is 9.95. The smallest absolute Gasteiger partial charge is 0.326 e. The summed E-state index contributed by atoms with van der Waals surface area (Å²) in [7, 11) is 1.64. The summed E-state index contributed by atoms with van der Waals surface area (Å²) in [4.78, 5) is 18.1. The molecule has 0 aliphatic carbocycles. The molecule has 2 aliphatic heterocycles. The number of likely N-dealkylation sites (tertiary alicyclic amines) is 1. The summed E-state index contributed by atoms with van der Waals surface area (Å²) < 4.78 is 18.7. The molecule has 1 saturated heterocycles. The zero-order valence-corrected chi connectivity index (χ0v) is 22.3. The van der Waals surface area contributed by atoms with E-state index in [0.717, 1.165) is 35.2 Å². The number of hydrazone groups is 1. The Labute approximate surface area is 231 Å². The Morgan fingerprint density at radius 2 is 1.77 bits per heavy atom. The maximum absolute atomic E-state index is 12.8. The molecule has 5 N–H and O–H groups in total. The first-order valence-electron chi connectivity index (χ1n) is 13.4. The SMILES string of the molecule is COc1ccc(C(/C(=N/N)N(N)c2ccc3c(c2)OCCO3)N2CCC(n3c(=O)[nH]c4ccccc43)CC2)cc1. The van der Waals surface area contributed by atoms with Gasteiger partial charge < -0.3 is 25.0 Å². The number of anilines is 1. The quantitative estimate of drug-likeness (QED) is 0.146. The summed E-state index contributed by atoms with van der Waals surface area (Å²) in [5.74, 6) is 15.3. The molecule has 1 atom stereocenters. The predicted octanol–water partition coefficient (Wildman–Crippen LogP) is 3.14. The van der Waals surface area contributed by atoms with E-state index in [1.165, 1.54) is 5.01 Å². The Hall–Kier alpha value is -4.48. The molecule has 0 saturated carbocycles. The average molecular weight is 544 g/mol. The van der Waals surface area contributed by atoms with Crippen molar-refractivity contribution < 1.29 is 14.2 Å². The van der Waals surface area contributed by atoms with Gasteiger partial charge in [0.2, 0.25) is 0 Å². The number of ether oxygens (including phenoxy) is 3. The molecule has 1 unspecified atom stereocenters. The van der Waals surface area contributed by atoms with Crippen LogP contribution in [0, 0.1) is 0 Å². The number of benzene rings is 3. The van der Waals surface area contributed by atoms with E-state index in [4.69, 9.17) is 25.9 Å². The number of hydrazine groups is 1. The molecule has 1 aromatic heterocycles. The minimum absolute atomic E-state index is 0.0708. The van der Waals surface area contributed by atoms with Gasteiger partial charge in [0.25, 0.3) is 0 Å². The molecule has 11 nitrogen and oxygen atoms in total. The standard InChI is InChI=1S/C29H33N7O4/c1-38-22-9-6-19(7-10-22)27(28(33-30)36(31)21-8-11-25-26(18-21)40-17-16-39-25)34-14-12-20(13-15-34)35-24-5-3-2-4-23(24)32-29(35)37/h2-11,18,20,27H,12-17,30-31H2,1H3,(H,32,37)/b33-28-. The third kappa shape index (κ3) is 4.74. The molecule has 6 rings (SSSR count). The first-order chi connectivity index (χ1) is 19.6. The normalized spacial score (nSPS) is 17.1. The average Bonchev–Trinajstić information content (AvgIpc) is 3.35. The molecule has 0 radical (unpaired) electrons. The van der Waals surface area contributed by atoms with Crippen LogP contribution < -0.4 is 36.6 Å². The molecule has 4 aromatic rings. The van der Waals surface area contributed by atoms with Crippen molar-refractivity contribution in [2.24, 2.45) is 16.8 Å². The number of hydrogen-bond acceptors (Lipinski definition) is 8. The first-order valence-corrected chi connectivity index (χ1v) is 13.4. The van der Waals surface area contributed by atoms with Gasteiger partial charge >= 0.3 is 5.69 Å². The largest absolute Gasteiger partial charge is 0.497 e. The second-order valence-corrected chi connectivity index (χ2v) is 9.95. The Morgan fingerprint density at radius 1 is 1.05 bits per heavy atom. The maximum Gasteiger partial charge on any atom is 0.326 e. The van der Waals surface area contributed by atoms with E-state index in [2.05, 4.69) is 15.0 Å². The van der Waals surface area contributed by atoms with Crippen molar-refractivity contribution in [3.8, 4) is 17.2 Å². The van der Waals surface area contributed by atoms with Crippen LogP contribution in [-0.4, -0.2) is 53.7 Å². The number of aromatic amines is 1. The van der Waals surface area contributed by atoms with Crippen molar-refractivity contribution in [2.75, 3.05) is 38.4 Å². The van der Waals surface area contributed by atoms with Crippen molar-refractivity contribution in [1.29, 1.82) is 0 Å². The van der Waals surface area contributed by atoms with Crippen molar-refractivity contribution >= 4 is 22.6 Å².